The molecule has 1 fully saturated rings. The van der Waals surface area contributed by atoms with Gasteiger partial charge in [0.15, 0.2) is 0 Å². The van der Waals surface area contributed by atoms with Crippen molar-refractivity contribution in [3.8, 4) is 0 Å². The minimum atomic E-state index is -0.350. The molecule has 27 heavy (non-hydrogen) atoms. The second-order valence-corrected chi connectivity index (χ2v) is 6.11. The first-order valence-electron chi connectivity index (χ1n) is 8.59. The quantitative estimate of drug-likeness (QED) is 0.724. The van der Waals surface area contributed by atoms with Gasteiger partial charge >= 0.3 is 0 Å². The molecule has 1 aliphatic heterocycles. The second kappa shape index (κ2) is 7.50. The number of carbonyl (C=O) groups excluding carboxylic acids is 1. The third kappa shape index (κ3) is 3.77. The topological polar surface area (TPSA) is 102 Å². The van der Waals surface area contributed by atoms with Crippen molar-refractivity contribution in [1.82, 2.24) is 19.5 Å². The molecule has 4 rings (SSSR count). The molecule has 1 aromatic carbocycles. The van der Waals surface area contributed by atoms with Crippen molar-refractivity contribution in [3.05, 3.63) is 53.3 Å². The lowest BCUT2D eigenvalue weighted by molar-refractivity contribution is -0.116. The number of benzene rings is 1. The fourth-order valence-corrected chi connectivity index (χ4v) is 2.89. The molecule has 0 unspecified atom stereocenters. The van der Waals surface area contributed by atoms with Gasteiger partial charge in [0.2, 0.25) is 11.9 Å². The van der Waals surface area contributed by atoms with Gasteiger partial charge < -0.3 is 15.0 Å². The van der Waals surface area contributed by atoms with E-state index in [1.807, 2.05) is 11.0 Å². The van der Waals surface area contributed by atoms with E-state index in [4.69, 9.17) is 4.74 Å². The predicted octanol–water partition coefficient (Wildman–Crippen LogP) is 0.662. The van der Waals surface area contributed by atoms with Crippen molar-refractivity contribution in [2.75, 3.05) is 36.5 Å². The van der Waals surface area contributed by atoms with E-state index in [0.29, 0.717) is 35.8 Å². The van der Waals surface area contributed by atoms with E-state index in [2.05, 4.69) is 20.3 Å². The average molecular weight is 366 g/mol. The third-order valence-corrected chi connectivity index (χ3v) is 4.26. The highest BCUT2D eigenvalue weighted by Crippen LogP contribution is 2.12. The monoisotopic (exact) mass is 366 g/mol. The first-order valence-corrected chi connectivity index (χ1v) is 8.59. The van der Waals surface area contributed by atoms with Crippen LogP contribution in [0, 0.1) is 0 Å². The fourth-order valence-electron chi connectivity index (χ4n) is 2.89. The molecule has 9 nitrogen and oxygen atoms in total. The number of anilines is 2. The summed E-state index contributed by atoms with van der Waals surface area (Å²) in [4.78, 5) is 39.5. The van der Waals surface area contributed by atoms with E-state index in [-0.39, 0.29) is 18.0 Å². The van der Waals surface area contributed by atoms with Crippen LogP contribution in [0.15, 0.2) is 47.8 Å². The summed E-state index contributed by atoms with van der Waals surface area (Å²) in [5, 5.41) is 3.18. The number of amides is 1. The molecule has 1 aliphatic rings. The Labute approximate surface area is 154 Å². The maximum atomic E-state index is 12.4. The molecule has 1 amide bonds. The Morgan fingerprint density at radius 3 is 2.63 bits per heavy atom. The molecule has 0 aliphatic carbocycles. The number of rotatable bonds is 4. The zero-order chi connectivity index (χ0) is 18.6. The molecule has 0 spiro atoms. The smallest absolute Gasteiger partial charge is 0.261 e. The predicted molar refractivity (Wildman–Crippen MR) is 99.7 cm³/mol. The minimum absolute atomic E-state index is 0.137. The Morgan fingerprint density at radius 1 is 1.11 bits per heavy atom. The normalized spacial score (nSPS) is 14.3. The van der Waals surface area contributed by atoms with Crippen LogP contribution < -0.4 is 15.8 Å². The van der Waals surface area contributed by atoms with Gasteiger partial charge in [-0.1, -0.05) is 12.1 Å². The largest absolute Gasteiger partial charge is 0.378 e. The lowest BCUT2D eigenvalue weighted by atomic mass is 10.2. The van der Waals surface area contributed by atoms with Crippen molar-refractivity contribution in [2.24, 2.45) is 0 Å². The van der Waals surface area contributed by atoms with Gasteiger partial charge in [-0.3, -0.25) is 14.2 Å². The summed E-state index contributed by atoms with van der Waals surface area (Å²) in [7, 11) is 0. The Balaban J connectivity index is 1.43. The van der Waals surface area contributed by atoms with Crippen molar-refractivity contribution >= 4 is 28.4 Å². The molecular formula is C18H18N6O3. The van der Waals surface area contributed by atoms with E-state index in [1.54, 1.807) is 30.6 Å². The molecule has 0 radical (unpaired) electrons. The van der Waals surface area contributed by atoms with Crippen LogP contribution in [0.1, 0.15) is 0 Å². The minimum Gasteiger partial charge on any atom is -0.378 e. The summed E-state index contributed by atoms with van der Waals surface area (Å²) < 4.78 is 6.58. The lowest BCUT2D eigenvalue weighted by Crippen LogP contribution is -2.37. The van der Waals surface area contributed by atoms with Gasteiger partial charge in [0.1, 0.15) is 6.54 Å². The zero-order valence-corrected chi connectivity index (χ0v) is 14.5. The van der Waals surface area contributed by atoms with Gasteiger partial charge in [-0.15, -0.1) is 0 Å². The molecule has 0 bridgehead atoms. The van der Waals surface area contributed by atoms with Crippen molar-refractivity contribution in [3.63, 3.8) is 0 Å². The molecule has 0 atom stereocenters. The number of nitrogens with zero attached hydrogens (tertiary/aromatic N) is 5. The second-order valence-electron chi connectivity index (χ2n) is 6.11. The number of nitrogens with one attached hydrogen (secondary N) is 1. The van der Waals surface area contributed by atoms with Gasteiger partial charge in [0.05, 0.1) is 48.5 Å². The summed E-state index contributed by atoms with van der Waals surface area (Å²) in [6.07, 6.45) is 4.48. The lowest BCUT2D eigenvalue weighted by Gasteiger charge is -2.26. The number of ether oxygens (including phenoxy) is 1. The Morgan fingerprint density at radius 2 is 1.85 bits per heavy atom. The Hall–Kier alpha value is -3.33. The van der Waals surface area contributed by atoms with Gasteiger partial charge in [0, 0.05) is 13.1 Å². The standard InChI is InChI=1S/C18H18N6O3/c25-16(11-24-12-21-15-4-2-1-3-14(15)17(24)26)22-13-9-19-18(20-10-13)23-5-7-27-8-6-23/h1-4,9-10,12H,5-8,11H2,(H,22,25). The Kier molecular flexibility index (Phi) is 4.75. The van der Waals surface area contributed by atoms with Crippen molar-refractivity contribution in [2.45, 2.75) is 6.54 Å². The number of aromatic nitrogens is 4. The molecular weight excluding hydrogens is 348 g/mol. The molecule has 9 heteroatoms. The summed E-state index contributed by atoms with van der Waals surface area (Å²) in [6, 6.07) is 7.03. The molecule has 3 aromatic rings. The van der Waals surface area contributed by atoms with E-state index in [0.717, 1.165) is 13.1 Å². The first-order chi connectivity index (χ1) is 13.2. The molecule has 2 aromatic heterocycles. The van der Waals surface area contributed by atoms with Gasteiger partial charge in [-0.05, 0) is 12.1 Å². The Bertz CT molecular complexity index is 1010. The van der Waals surface area contributed by atoms with Crippen LogP contribution in [0.4, 0.5) is 11.6 Å². The highest BCUT2D eigenvalue weighted by molar-refractivity contribution is 5.90. The summed E-state index contributed by atoms with van der Waals surface area (Å²) in [6.45, 7) is 2.64. The van der Waals surface area contributed by atoms with E-state index < -0.39 is 0 Å². The molecule has 138 valence electrons. The van der Waals surface area contributed by atoms with Crippen LogP contribution in [0.3, 0.4) is 0 Å². The number of carbonyl (C=O) groups is 1. The summed E-state index contributed by atoms with van der Waals surface area (Å²) in [5.41, 5.74) is 0.819. The van der Waals surface area contributed by atoms with E-state index in [1.165, 1.54) is 10.9 Å². The van der Waals surface area contributed by atoms with Crippen LogP contribution in [0.2, 0.25) is 0 Å². The van der Waals surface area contributed by atoms with Gasteiger partial charge in [0.25, 0.3) is 5.56 Å². The number of para-hydroxylation sites is 1. The maximum Gasteiger partial charge on any atom is 0.261 e. The highest BCUT2D eigenvalue weighted by atomic mass is 16.5. The average Bonchev–Trinajstić information content (AvgIpc) is 2.71. The van der Waals surface area contributed by atoms with Crippen LogP contribution in [-0.2, 0) is 16.1 Å². The summed E-state index contributed by atoms with van der Waals surface area (Å²) in [5.74, 6) is 0.253. The van der Waals surface area contributed by atoms with Gasteiger partial charge in [-0.2, -0.15) is 0 Å². The van der Waals surface area contributed by atoms with Crippen LogP contribution in [0.25, 0.3) is 10.9 Å². The first kappa shape index (κ1) is 17.1. The highest BCUT2D eigenvalue weighted by Gasteiger charge is 2.14. The van der Waals surface area contributed by atoms with E-state index in [9.17, 15) is 9.59 Å². The van der Waals surface area contributed by atoms with Crippen LogP contribution in [0.5, 0.6) is 0 Å². The number of morpholine rings is 1. The zero-order valence-electron chi connectivity index (χ0n) is 14.5. The number of hydrogen-bond donors (Lipinski definition) is 1. The maximum absolute atomic E-state index is 12.4. The summed E-state index contributed by atoms with van der Waals surface area (Å²) >= 11 is 0. The van der Waals surface area contributed by atoms with E-state index >= 15 is 0 Å². The SMILES string of the molecule is O=C(Cn1cnc2ccccc2c1=O)Nc1cnc(N2CCOCC2)nc1. The van der Waals surface area contributed by atoms with Crippen molar-refractivity contribution < 1.29 is 9.53 Å². The molecule has 0 saturated carbocycles. The fraction of sp³-hybridized carbons (Fsp3) is 0.278. The third-order valence-electron chi connectivity index (χ3n) is 4.26. The van der Waals surface area contributed by atoms with Crippen LogP contribution >= 0.6 is 0 Å². The molecule has 1 saturated heterocycles. The van der Waals surface area contributed by atoms with Gasteiger partial charge in [-0.25, -0.2) is 15.0 Å². The molecule has 3 heterocycles. The van der Waals surface area contributed by atoms with Crippen molar-refractivity contribution in [1.29, 1.82) is 0 Å². The molecule has 1 N–H and O–H groups in total. The van der Waals surface area contributed by atoms with Crippen LogP contribution in [-0.4, -0.2) is 51.7 Å². The number of hydrogen-bond acceptors (Lipinski definition) is 7. The number of fused-ring (bicyclic) bond motifs is 1.